The lowest BCUT2D eigenvalue weighted by molar-refractivity contribution is -0.137. The van der Waals surface area contributed by atoms with Crippen molar-refractivity contribution in [3.63, 3.8) is 0 Å². The SMILES string of the molecule is Cc1ccccc1-c1ccc(C(O)CC[C@H]2CCC(=O)N2CCCCCCC(=O)O)o1. The van der Waals surface area contributed by atoms with E-state index in [0.717, 1.165) is 49.0 Å². The Balaban J connectivity index is 1.46. The topological polar surface area (TPSA) is 91.0 Å². The van der Waals surface area contributed by atoms with Crippen molar-refractivity contribution in [2.75, 3.05) is 6.54 Å². The summed E-state index contributed by atoms with van der Waals surface area (Å²) in [5.74, 6) is 0.751. The fourth-order valence-corrected chi connectivity index (χ4v) is 4.33. The number of benzene rings is 1. The van der Waals surface area contributed by atoms with Gasteiger partial charge in [-0.1, -0.05) is 37.1 Å². The highest BCUT2D eigenvalue weighted by Gasteiger charge is 2.30. The Morgan fingerprint density at radius 1 is 1.16 bits per heavy atom. The van der Waals surface area contributed by atoms with Gasteiger partial charge >= 0.3 is 5.97 Å². The van der Waals surface area contributed by atoms with Crippen molar-refractivity contribution in [1.82, 2.24) is 4.90 Å². The molecule has 3 rings (SSSR count). The lowest BCUT2D eigenvalue weighted by atomic mass is 10.0. The van der Waals surface area contributed by atoms with Gasteiger partial charge in [-0.2, -0.15) is 0 Å². The molecule has 0 saturated carbocycles. The molecule has 2 heterocycles. The second kappa shape index (κ2) is 11.1. The highest BCUT2D eigenvalue weighted by atomic mass is 16.4. The number of aliphatic carboxylic acids is 1. The van der Waals surface area contributed by atoms with Crippen LogP contribution in [0.15, 0.2) is 40.8 Å². The van der Waals surface area contributed by atoms with Crippen LogP contribution in [0, 0.1) is 6.92 Å². The number of likely N-dealkylation sites (tertiary alicyclic amines) is 1. The number of carboxylic acids is 1. The van der Waals surface area contributed by atoms with Gasteiger partial charge in [0.25, 0.3) is 0 Å². The van der Waals surface area contributed by atoms with E-state index < -0.39 is 12.1 Å². The summed E-state index contributed by atoms with van der Waals surface area (Å²) < 4.78 is 5.92. The van der Waals surface area contributed by atoms with Crippen molar-refractivity contribution in [3.8, 4) is 11.3 Å². The van der Waals surface area contributed by atoms with Crippen LogP contribution in [0.5, 0.6) is 0 Å². The summed E-state index contributed by atoms with van der Waals surface area (Å²) >= 11 is 0. The van der Waals surface area contributed by atoms with Crippen molar-refractivity contribution < 1.29 is 24.2 Å². The van der Waals surface area contributed by atoms with Crippen LogP contribution in [-0.4, -0.2) is 39.6 Å². The molecular weight excluding hydrogens is 394 g/mol. The molecule has 2 atom stereocenters. The fourth-order valence-electron chi connectivity index (χ4n) is 4.33. The number of aliphatic hydroxyl groups excluding tert-OH is 1. The molecule has 0 radical (unpaired) electrons. The smallest absolute Gasteiger partial charge is 0.303 e. The van der Waals surface area contributed by atoms with Crippen molar-refractivity contribution >= 4 is 11.9 Å². The molecule has 1 aromatic carbocycles. The van der Waals surface area contributed by atoms with Gasteiger partial charge in [-0.05, 0) is 56.7 Å². The zero-order valence-electron chi connectivity index (χ0n) is 18.3. The molecule has 1 saturated heterocycles. The molecular formula is C25H33NO5. The zero-order chi connectivity index (χ0) is 22.2. The van der Waals surface area contributed by atoms with Crippen LogP contribution in [0.3, 0.4) is 0 Å². The summed E-state index contributed by atoms with van der Waals surface area (Å²) in [4.78, 5) is 24.8. The number of aryl methyl sites for hydroxylation is 1. The number of carboxylic acid groups (broad SMARTS) is 1. The Morgan fingerprint density at radius 2 is 1.94 bits per heavy atom. The van der Waals surface area contributed by atoms with Gasteiger partial charge in [0.2, 0.25) is 5.91 Å². The third kappa shape index (κ3) is 6.44. The van der Waals surface area contributed by atoms with E-state index in [0.29, 0.717) is 31.6 Å². The van der Waals surface area contributed by atoms with Gasteiger partial charge in [0, 0.05) is 31.0 Å². The molecule has 1 unspecified atom stereocenters. The molecule has 1 amide bonds. The molecule has 1 aliphatic heterocycles. The molecule has 0 spiro atoms. The van der Waals surface area contributed by atoms with Crippen molar-refractivity contribution in [2.45, 2.75) is 76.9 Å². The van der Waals surface area contributed by atoms with E-state index in [1.165, 1.54) is 0 Å². The number of amides is 1. The number of rotatable bonds is 12. The largest absolute Gasteiger partial charge is 0.481 e. The van der Waals surface area contributed by atoms with E-state index in [-0.39, 0.29) is 18.4 Å². The molecule has 168 valence electrons. The standard InChI is InChI=1S/C25H33NO5/c1-18-8-5-6-9-20(18)22-14-15-23(31-22)21(27)13-11-19-12-16-24(28)26(19)17-7-3-2-4-10-25(29)30/h5-6,8-9,14-15,19,21,27H,2-4,7,10-13,16-17H2,1H3,(H,29,30)/t19-,21?/m0/s1. The average molecular weight is 428 g/mol. The third-order valence-electron chi connectivity index (χ3n) is 6.13. The average Bonchev–Trinajstić information content (AvgIpc) is 3.36. The van der Waals surface area contributed by atoms with E-state index >= 15 is 0 Å². The molecule has 2 aromatic rings. The molecule has 0 aliphatic carbocycles. The highest BCUT2D eigenvalue weighted by molar-refractivity contribution is 5.78. The molecule has 1 aliphatic rings. The van der Waals surface area contributed by atoms with Crippen molar-refractivity contribution in [1.29, 1.82) is 0 Å². The minimum Gasteiger partial charge on any atom is -0.481 e. The third-order valence-corrected chi connectivity index (χ3v) is 6.13. The van der Waals surface area contributed by atoms with Gasteiger partial charge < -0.3 is 19.5 Å². The Morgan fingerprint density at radius 3 is 2.71 bits per heavy atom. The lowest BCUT2D eigenvalue weighted by Crippen LogP contribution is -2.34. The molecule has 6 heteroatoms. The first-order chi connectivity index (χ1) is 15.0. The molecule has 0 bridgehead atoms. The number of aliphatic hydroxyl groups is 1. The molecule has 31 heavy (non-hydrogen) atoms. The number of hydrogen-bond acceptors (Lipinski definition) is 4. The number of furan rings is 1. The van der Waals surface area contributed by atoms with Gasteiger partial charge in [-0.25, -0.2) is 0 Å². The minimum absolute atomic E-state index is 0.159. The van der Waals surface area contributed by atoms with Gasteiger partial charge in [0.05, 0.1) is 0 Å². The zero-order valence-corrected chi connectivity index (χ0v) is 18.3. The van der Waals surface area contributed by atoms with Crippen LogP contribution in [0.2, 0.25) is 0 Å². The lowest BCUT2D eigenvalue weighted by Gasteiger charge is -2.25. The van der Waals surface area contributed by atoms with Crippen LogP contribution in [0.4, 0.5) is 0 Å². The van der Waals surface area contributed by atoms with E-state index in [2.05, 4.69) is 0 Å². The summed E-state index contributed by atoms with van der Waals surface area (Å²) in [5.41, 5.74) is 2.15. The summed E-state index contributed by atoms with van der Waals surface area (Å²) in [7, 11) is 0. The van der Waals surface area contributed by atoms with Gasteiger partial charge in [0.15, 0.2) is 0 Å². The van der Waals surface area contributed by atoms with Gasteiger partial charge in [-0.3, -0.25) is 9.59 Å². The summed E-state index contributed by atoms with van der Waals surface area (Å²) in [6.07, 6.45) is 5.59. The first-order valence-electron chi connectivity index (χ1n) is 11.3. The van der Waals surface area contributed by atoms with Crippen LogP contribution < -0.4 is 0 Å². The van der Waals surface area contributed by atoms with Crippen LogP contribution in [0.25, 0.3) is 11.3 Å². The second-order valence-electron chi connectivity index (χ2n) is 8.45. The van der Waals surface area contributed by atoms with E-state index in [1.54, 1.807) is 0 Å². The van der Waals surface area contributed by atoms with E-state index in [9.17, 15) is 14.7 Å². The summed E-state index contributed by atoms with van der Waals surface area (Å²) in [5, 5.41) is 19.3. The van der Waals surface area contributed by atoms with Crippen LogP contribution >= 0.6 is 0 Å². The van der Waals surface area contributed by atoms with E-state index in [4.69, 9.17) is 9.52 Å². The number of carbonyl (C=O) groups excluding carboxylic acids is 1. The predicted molar refractivity (Wildman–Crippen MR) is 119 cm³/mol. The monoisotopic (exact) mass is 427 g/mol. The van der Waals surface area contributed by atoms with Crippen molar-refractivity contribution in [3.05, 3.63) is 47.7 Å². The second-order valence-corrected chi connectivity index (χ2v) is 8.45. The van der Waals surface area contributed by atoms with Crippen LogP contribution in [-0.2, 0) is 9.59 Å². The first-order valence-corrected chi connectivity index (χ1v) is 11.3. The Labute approximate surface area is 183 Å². The summed E-state index contributed by atoms with van der Waals surface area (Å²) in [6, 6.07) is 11.9. The Bertz CT molecular complexity index is 874. The van der Waals surface area contributed by atoms with Gasteiger partial charge in [-0.15, -0.1) is 0 Å². The van der Waals surface area contributed by atoms with Crippen LogP contribution in [0.1, 0.15) is 75.2 Å². The minimum atomic E-state index is -0.754. The molecule has 1 aromatic heterocycles. The maximum absolute atomic E-state index is 12.3. The number of carbonyl (C=O) groups is 2. The number of nitrogens with zero attached hydrogens (tertiary/aromatic N) is 1. The first kappa shape index (κ1) is 23.1. The van der Waals surface area contributed by atoms with Crippen molar-refractivity contribution in [2.24, 2.45) is 0 Å². The number of unbranched alkanes of at least 4 members (excludes halogenated alkanes) is 3. The van der Waals surface area contributed by atoms with E-state index in [1.807, 2.05) is 48.2 Å². The van der Waals surface area contributed by atoms with Gasteiger partial charge in [0.1, 0.15) is 17.6 Å². The Kier molecular flexibility index (Phi) is 8.29. The molecule has 2 N–H and O–H groups in total. The number of hydrogen-bond donors (Lipinski definition) is 2. The maximum atomic E-state index is 12.3. The fraction of sp³-hybridized carbons (Fsp3) is 0.520. The summed E-state index contributed by atoms with van der Waals surface area (Å²) in [6.45, 7) is 2.75. The normalized spacial score (nSPS) is 17.3. The molecule has 6 nitrogen and oxygen atoms in total. The quantitative estimate of drug-likeness (QED) is 0.460. The molecule has 1 fully saturated rings. The predicted octanol–water partition coefficient (Wildman–Crippen LogP) is 5.09. The Hall–Kier alpha value is -2.60. The highest BCUT2D eigenvalue weighted by Crippen LogP contribution is 2.31. The maximum Gasteiger partial charge on any atom is 0.303 e.